The molecule has 0 bridgehead atoms. The Hall–Kier alpha value is -1.76. The van der Waals surface area contributed by atoms with Gasteiger partial charge in [0.05, 0.1) is 6.10 Å². The summed E-state index contributed by atoms with van der Waals surface area (Å²) in [7, 11) is 0. The second-order valence-corrected chi connectivity index (χ2v) is 6.05. The maximum Gasteiger partial charge on any atom is 0.408 e. The molecule has 1 saturated heterocycles. The monoisotopic (exact) mass is 344 g/mol. The minimum atomic E-state index is -4.47. The van der Waals surface area contributed by atoms with Gasteiger partial charge in [0, 0.05) is 19.7 Å². The summed E-state index contributed by atoms with van der Waals surface area (Å²) < 4.78 is 45.2. The number of carbonyl (C=O) groups is 1. The molecule has 2 atom stereocenters. The number of hydrogen-bond donors (Lipinski definition) is 1. The Morgan fingerprint density at radius 1 is 1.38 bits per heavy atom. The first-order valence-electron chi connectivity index (χ1n) is 8.14. The molecular weight excluding hydrogens is 321 g/mol. The normalized spacial score (nSPS) is 20.3. The number of hydrogen-bond acceptors (Lipinski definition) is 2. The smallest absolute Gasteiger partial charge is 0.377 e. The lowest BCUT2D eigenvalue weighted by atomic mass is 10.1. The molecule has 1 aliphatic rings. The van der Waals surface area contributed by atoms with E-state index in [0.29, 0.717) is 26.1 Å². The lowest BCUT2D eigenvalue weighted by Gasteiger charge is -2.27. The van der Waals surface area contributed by atoms with E-state index < -0.39 is 18.2 Å². The first kappa shape index (κ1) is 18.6. The number of nitrogens with one attached hydrogen (secondary N) is 1. The molecule has 1 aliphatic heterocycles. The van der Waals surface area contributed by atoms with Gasteiger partial charge in [0.25, 0.3) is 0 Å². The number of amides is 2. The maximum atomic E-state index is 13.2. The predicted octanol–water partition coefficient (Wildman–Crippen LogP) is 3.37. The van der Waals surface area contributed by atoms with Crippen molar-refractivity contribution >= 4 is 6.03 Å². The summed E-state index contributed by atoms with van der Waals surface area (Å²) >= 11 is 0. The second kappa shape index (κ2) is 8.37. The van der Waals surface area contributed by atoms with Crippen molar-refractivity contribution in [1.29, 1.82) is 0 Å². The van der Waals surface area contributed by atoms with Crippen LogP contribution in [0, 0.1) is 0 Å². The summed E-state index contributed by atoms with van der Waals surface area (Å²) in [6.45, 7) is 3.03. The van der Waals surface area contributed by atoms with Crippen LogP contribution in [0.25, 0.3) is 0 Å². The van der Waals surface area contributed by atoms with Gasteiger partial charge in [-0.05, 0) is 31.7 Å². The second-order valence-electron chi connectivity index (χ2n) is 6.05. The molecule has 1 fully saturated rings. The van der Waals surface area contributed by atoms with Gasteiger partial charge < -0.3 is 15.0 Å². The number of urea groups is 1. The zero-order valence-electron chi connectivity index (χ0n) is 13.7. The van der Waals surface area contributed by atoms with Crippen LogP contribution in [0.2, 0.25) is 0 Å². The van der Waals surface area contributed by atoms with Crippen molar-refractivity contribution in [3.63, 3.8) is 0 Å². The Bertz CT molecular complexity index is 522. The van der Waals surface area contributed by atoms with Gasteiger partial charge in [-0.1, -0.05) is 30.3 Å². The highest BCUT2D eigenvalue weighted by Gasteiger charge is 2.41. The van der Waals surface area contributed by atoms with Crippen LogP contribution in [0.5, 0.6) is 0 Å². The van der Waals surface area contributed by atoms with Crippen LogP contribution in [0.15, 0.2) is 30.3 Å². The molecule has 1 N–H and O–H groups in total. The lowest BCUT2D eigenvalue weighted by molar-refractivity contribution is -0.154. The summed E-state index contributed by atoms with van der Waals surface area (Å²) in [5.41, 5.74) is 0.817. The molecule has 0 spiro atoms. The zero-order chi connectivity index (χ0) is 17.6. The minimum Gasteiger partial charge on any atom is -0.377 e. The summed E-state index contributed by atoms with van der Waals surface area (Å²) in [5, 5.41) is 2.15. The highest BCUT2D eigenvalue weighted by atomic mass is 19.4. The van der Waals surface area contributed by atoms with Crippen LogP contribution in [-0.4, -0.2) is 48.9 Å². The van der Waals surface area contributed by atoms with Crippen molar-refractivity contribution < 1.29 is 22.7 Å². The van der Waals surface area contributed by atoms with E-state index in [1.807, 2.05) is 13.0 Å². The average Bonchev–Trinajstić information content (AvgIpc) is 2.75. The molecule has 4 nitrogen and oxygen atoms in total. The van der Waals surface area contributed by atoms with Crippen LogP contribution in [0.4, 0.5) is 18.0 Å². The number of rotatable bonds is 4. The molecule has 0 aromatic heterocycles. The molecular formula is C17H23F3N2O2. The highest BCUT2D eigenvalue weighted by molar-refractivity contribution is 5.74. The van der Waals surface area contributed by atoms with Crippen molar-refractivity contribution in [1.82, 2.24) is 10.2 Å². The fraction of sp³-hybridized carbons (Fsp3) is 0.588. The van der Waals surface area contributed by atoms with Crippen LogP contribution >= 0.6 is 0 Å². The van der Waals surface area contributed by atoms with Gasteiger partial charge in [-0.15, -0.1) is 0 Å². The predicted molar refractivity (Wildman–Crippen MR) is 84.7 cm³/mol. The van der Waals surface area contributed by atoms with Gasteiger partial charge in [0.1, 0.15) is 6.04 Å². The molecule has 2 amide bonds. The Kier molecular flexibility index (Phi) is 6.48. The molecule has 2 rings (SSSR count). The van der Waals surface area contributed by atoms with Crippen LogP contribution < -0.4 is 5.32 Å². The Balaban J connectivity index is 1.96. The number of alkyl halides is 3. The Labute approximate surface area is 140 Å². The molecule has 7 heteroatoms. The fourth-order valence-electron chi connectivity index (χ4n) is 2.69. The molecule has 134 valence electrons. The van der Waals surface area contributed by atoms with Crippen molar-refractivity contribution in [2.45, 2.75) is 44.5 Å². The molecule has 1 heterocycles. The topological polar surface area (TPSA) is 41.6 Å². The van der Waals surface area contributed by atoms with Crippen LogP contribution in [-0.2, 0) is 11.2 Å². The summed E-state index contributed by atoms with van der Waals surface area (Å²) in [4.78, 5) is 13.6. The Morgan fingerprint density at radius 2 is 2.08 bits per heavy atom. The van der Waals surface area contributed by atoms with Gasteiger partial charge in [-0.3, -0.25) is 0 Å². The fourth-order valence-corrected chi connectivity index (χ4v) is 2.69. The summed E-state index contributed by atoms with van der Waals surface area (Å²) in [6.07, 6.45) is -3.95. The van der Waals surface area contributed by atoms with Crippen molar-refractivity contribution in [2.24, 2.45) is 0 Å². The Morgan fingerprint density at radius 3 is 2.75 bits per heavy atom. The molecule has 24 heavy (non-hydrogen) atoms. The molecule has 1 aromatic rings. The van der Waals surface area contributed by atoms with E-state index in [1.165, 1.54) is 4.90 Å². The maximum absolute atomic E-state index is 13.2. The van der Waals surface area contributed by atoms with Gasteiger partial charge in [0.15, 0.2) is 0 Å². The van der Waals surface area contributed by atoms with Crippen molar-refractivity contribution in [3.05, 3.63) is 35.9 Å². The number of halogens is 3. The minimum absolute atomic E-state index is 0.174. The number of ether oxygens (including phenoxy) is 1. The first-order valence-corrected chi connectivity index (χ1v) is 8.14. The average molecular weight is 344 g/mol. The first-order chi connectivity index (χ1) is 11.4. The van der Waals surface area contributed by atoms with E-state index in [1.54, 1.807) is 24.3 Å². The SMILES string of the molecule is C[C@H]1CN(C(=O)N[C@@H](CCc2ccccc2)C(F)(F)F)CCCO1. The molecule has 0 aliphatic carbocycles. The van der Waals surface area contributed by atoms with Gasteiger partial charge in [0.2, 0.25) is 0 Å². The van der Waals surface area contributed by atoms with E-state index >= 15 is 0 Å². The van der Waals surface area contributed by atoms with E-state index in [4.69, 9.17) is 4.74 Å². The summed E-state index contributed by atoms with van der Waals surface area (Å²) in [6, 6.07) is 6.42. The highest BCUT2D eigenvalue weighted by Crippen LogP contribution is 2.24. The third kappa shape index (κ3) is 5.70. The number of benzene rings is 1. The molecule has 1 aromatic carbocycles. The van der Waals surface area contributed by atoms with E-state index in [0.717, 1.165) is 5.56 Å². The third-order valence-electron chi connectivity index (χ3n) is 4.00. The van der Waals surface area contributed by atoms with E-state index in [9.17, 15) is 18.0 Å². The zero-order valence-corrected chi connectivity index (χ0v) is 13.7. The molecule has 0 radical (unpaired) electrons. The van der Waals surface area contributed by atoms with Crippen LogP contribution in [0.1, 0.15) is 25.3 Å². The quantitative estimate of drug-likeness (QED) is 0.910. The largest absolute Gasteiger partial charge is 0.408 e. The van der Waals surface area contributed by atoms with E-state index in [2.05, 4.69) is 5.32 Å². The van der Waals surface area contributed by atoms with Crippen molar-refractivity contribution in [2.75, 3.05) is 19.7 Å². The standard InChI is InChI=1S/C17H23F3N2O2/c1-13-12-22(10-5-11-24-13)16(23)21-15(17(18,19)20)9-8-14-6-3-2-4-7-14/h2-4,6-7,13,15H,5,8-12H2,1H3,(H,21,23)/t13-,15-/m0/s1. The van der Waals surface area contributed by atoms with Crippen molar-refractivity contribution in [3.8, 4) is 0 Å². The van der Waals surface area contributed by atoms with E-state index in [-0.39, 0.29) is 18.9 Å². The van der Waals surface area contributed by atoms with Gasteiger partial charge in [-0.25, -0.2) is 4.79 Å². The summed E-state index contributed by atoms with van der Waals surface area (Å²) in [5.74, 6) is 0. The number of aryl methyl sites for hydroxylation is 1. The van der Waals surface area contributed by atoms with Gasteiger partial charge >= 0.3 is 12.2 Å². The third-order valence-corrected chi connectivity index (χ3v) is 4.00. The number of carbonyl (C=O) groups excluding carboxylic acids is 1. The lowest BCUT2D eigenvalue weighted by Crippen LogP contribution is -2.52. The molecule has 0 unspecified atom stereocenters. The molecule has 0 saturated carbocycles. The van der Waals surface area contributed by atoms with Crippen LogP contribution in [0.3, 0.4) is 0 Å². The number of nitrogens with zero attached hydrogens (tertiary/aromatic N) is 1. The van der Waals surface area contributed by atoms with Gasteiger partial charge in [-0.2, -0.15) is 13.2 Å².